The summed E-state index contributed by atoms with van der Waals surface area (Å²) in [5.74, 6) is 0.474. The Morgan fingerprint density at radius 2 is 2.06 bits per heavy atom. The third kappa shape index (κ3) is 3.13. The van der Waals surface area contributed by atoms with Crippen LogP contribution in [0, 0.1) is 17.0 Å². The quantitative estimate of drug-likeness (QED) is 0.345. The second-order valence-electron chi connectivity index (χ2n) is 3.57. The summed E-state index contributed by atoms with van der Waals surface area (Å²) in [5, 5.41) is 10.8. The van der Waals surface area contributed by atoms with E-state index in [0.29, 0.717) is 17.9 Å². The summed E-state index contributed by atoms with van der Waals surface area (Å²) in [6.07, 6.45) is 3.54. The molecule has 0 spiro atoms. The van der Waals surface area contributed by atoms with E-state index >= 15 is 0 Å². The van der Waals surface area contributed by atoms with Crippen LogP contribution in [0.3, 0.4) is 0 Å². The van der Waals surface area contributed by atoms with Gasteiger partial charge in [-0.05, 0) is 19.8 Å². The van der Waals surface area contributed by atoms with Crippen molar-refractivity contribution in [3.8, 4) is 0 Å². The van der Waals surface area contributed by atoms with Crippen LogP contribution in [-0.4, -0.2) is 14.9 Å². The van der Waals surface area contributed by atoms with Gasteiger partial charge in [-0.15, -0.1) is 0 Å². The Labute approximate surface area is 99.0 Å². The van der Waals surface area contributed by atoms with Crippen LogP contribution >= 0.6 is 11.6 Å². The van der Waals surface area contributed by atoms with Crippen molar-refractivity contribution in [1.29, 1.82) is 0 Å². The van der Waals surface area contributed by atoms with Crippen LogP contribution in [0.5, 0.6) is 0 Å². The number of rotatable bonds is 5. The van der Waals surface area contributed by atoms with Gasteiger partial charge in [0.2, 0.25) is 5.15 Å². The number of nitrogens with zero attached hydrogens (tertiary/aromatic N) is 3. The molecule has 1 rings (SSSR count). The zero-order valence-electron chi connectivity index (χ0n) is 9.36. The SMILES string of the molecule is CCCCCc1nc(C)nc(Cl)c1[N+](=O)[O-]. The van der Waals surface area contributed by atoms with Gasteiger partial charge in [0.1, 0.15) is 11.5 Å². The third-order valence-corrected chi connectivity index (χ3v) is 2.49. The first-order chi connectivity index (χ1) is 7.56. The van der Waals surface area contributed by atoms with Crippen LogP contribution < -0.4 is 0 Å². The second kappa shape index (κ2) is 5.75. The molecule has 0 aliphatic heterocycles. The first kappa shape index (κ1) is 12.8. The van der Waals surface area contributed by atoms with Crippen LogP contribution in [0.1, 0.15) is 37.7 Å². The molecule has 0 atom stereocenters. The fourth-order valence-corrected chi connectivity index (χ4v) is 1.79. The zero-order chi connectivity index (χ0) is 12.1. The minimum Gasteiger partial charge on any atom is -0.258 e. The summed E-state index contributed by atoms with van der Waals surface area (Å²) in [6.45, 7) is 3.76. The molecule has 0 unspecified atom stereocenters. The van der Waals surface area contributed by atoms with Gasteiger partial charge in [0.05, 0.1) is 4.92 Å². The Morgan fingerprint density at radius 3 is 2.62 bits per heavy atom. The number of hydrogen-bond acceptors (Lipinski definition) is 4. The van der Waals surface area contributed by atoms with Crippen molar-refractivity contribution in [2.75, 3.05) is 0 Å². The molecule has 0 aliphatic rings. The lowest BCUT2D eigenvalue weighted by Crippen LogP contribution is -2.04. The number of halogens is 1. The van der Waals surface area contributed by atoms with Gasteiger partial charge in [0.25, 0.3) is 0 Å². The molecule has 0 saturated carbocycles. The van der Waals surface area contributed by atoms with Crippen molar-refractivity contribution >= 4 is 17.3 Å². The average Bonchev–Trinajstić information content (AvgIpc) is 2.16. The molecule has 88 valence electrons. The van der Waals surface area contributed by atoms with Gasteiger partial charge in [0.15, 0.2) is 0 Å². The minimum atomic E-state index is -0.511. The van der Waals surface area contributed by atoms with Gasteiger partial charge in [0, 0.05) is 0 Å². The number of aryl methyl sites for hydroxylation is 2. The molecular weight excluding hydrogens is 230 g/mol. The van der Waals surface area contributed by atoms with Gasteiger partial charge in [-0.2, -0.15) is 0 Å². The Kier molecular flexibility index (Phi) is 4.61. The standard InChI is InChI=1S/C10H14ClN3O2/c1-3-4-5-6-8-9(14(15)16)10(11)13-7(2)12-8/h3-6H2,1-2H3. The smallest absolute Gasteiger partial charge is 0.258 e. The summed E-state index contributed by atoms with van der Waals surface area (Å²) < 4.78 is 0. The lowest BCUT2D eigenvalue weighted by Gasteiger charge is -2.04. The number of nitro groups is 1. The first-order valence-electron chi connectivity index (χ1n) is 5.23. The van der Waals surface area contributed by atoms with Gasteiger partial charge < -0.3 is 0 Å². The fourth-order valence-electron chi connectivity index (χ4n) is 1.48. The van der Waals surface area contributed by atoms with Crippen molar-refractivity contribution in [2.45, 2.75) is 39.5 Å². The van der Waals surface area contributed by atoms with Crippen LogP contribution in [0.4, 0.5) is 5.69 Å². The van der Waals surface area contributed by atoms with E-state index in [1.165, 1.54) is 0 Å². The molecule has 0 N–H and O–H groups in total. The van der Waals surface area contributed by atoms with Crippen molar-refractivity contribution in [2.24, 2.45) is 0 Å². The zero-order valence-corrected chi connectivity index (χ0v) is 10.1. The maximum atomic E-state index is 10.8. The first-order valence-corrected chi connectivity index (χ1v) is 5.61. The molecule has 6 heteroatoms. The van der Waals surface area contributed by atoms with Gasteiger partial charge in [-0.25, -0.2) is 9.97 Å². The molecule has 0 aliphatic carbocycles. The third-order valence-electron chi connectivity index (χ3n) is 2.23. The van der Waals surface area contributed by atoms with Crippen LogP contribution in [0.25, 0.3) is 0 Å². The Balaban J connectivity index is 2.99. The molecule has 0 bridgehead atoms. The predicted octanol–water partition coefficient (Wildman–Crippen LogP) is 3.08. The molecule has 0 aromatic carbocycles. The molecule has 0 amide bonds. The van der Waals surface area contributed by atoms with E-state index in [1.807, 2.05) is 0 Å². The highest BCUT2D eigenvalue weighted by molar-refractivity contribution is 6.31. The topological polar surface area (TPSA) is 68.9 Å². The van der Waals surface area contributed by atoms with E-state index in [9.17, 15) is 10.1 Å². The van der Waals surface area contributed by atoms with E-state index in [0.717, 1.165) is 19.3 Å². The molecule has 0 saturated heterocycles. The Morgan fingerprint density at radius 1 is 1.38 bits per heavy atom. The second-order valence-corrected chi connectivity index (χ2v) is 3.93. The van der Waals surface area contributed by atoms with Crippen molar-refractivity contribution < 1.29 is 4.92 Å². The minimum absolute atomic E-state index is 0.0657. The molecule has 0 radical (unpaired) electrons. The van der Waals surface area contributed by atoms with E-state index < -0.39 is 4.92 Å². The van der Waals surface area contributed by atoms with E-state index in [2.05, 4.69) is 16.9 Å². The van der Waals surface area contributed by atoms with E-state index in [4.69, 9.17) is 11.6 Å². The summed E-state index contributed by atoms with van der Waals surface area (Å²) >= 11 is 5.75. The predicted molar refractivity (Wildman–Crippen MR) is 61.7 cm³/mol. The lowest BCUT2D eigenvalue weighted by molar-refractivity contribution is -0.386. The van der Waals surface area contributed by atoms with Crippen LogP contribution in [-0.2, 0) is 6.42 Å². The highest BCUT2D eigenvalue weighted by Gasteiger charge is 2.21. The number of hydrogen-bond donors (Lipinski definition) is 0. The van der Waals surface area contributed by atoms with Crippen molar-refractivity contribution in [1.82, 2.24) is 9.97 Å². The van der Waals surface area contributed by atoms with E-state index in [1.54, 1.807) is 6.92 Å². The number of aromatic nitrogens is 2. The maximum Gasteiger partial charge on any atom is 0.327 e. The monoisotopic (exact) mass is 243 g/mol. The summed E-state index contributed by atoms with van der Waals surface area (Å²) in [7, 11) is 0. The summed E-state index contributed by atoms with van der Waals surface area (Å²) in [5.41, 5.74) is 0.291. The summed E-state index contributed by atoms with van der Waals surface area (Å²) in [6, 6.07) is 0. The molecule has 0 fully saturated rings. The largest absolute Gasteiger partial charge is 0.327 e. The van der Waals surface area contributed by atoms with Gasteiger partial charge >= 0.3 is 5.69 Å². The van der Waals surface area contributed by atoms with Crippen LogP contribution in [0.2, 0.25) is 5.15 Å². The van der Waals surface area contributed by atoms with Gasteiger partial charge in [-0.3, -0.25) is 10.1 Å². The Hall–Kier alpha value is -1.23. The average molecular weight is 244 g/mol. The Bertz CT molecular complexity index is 396. The normalized spacial score (nSPS) is 10.4. The molecule has 1 heterocycles. The maximum absolute atomic E-state index is 10.8. The highest BCUT2D eigenvalue weighted by Crippen LogP contribution is 2.26. The molecular formula is C10H14ClN3O2. The van der Waals surface area contributed by atoms with Crippen LogP contribution in [0.15, 0.2) is 0 Å². The lowest BCUT2D eigenvalue weighted by atomic mass is 10.1. The number of unbranched alkanes of at least 4 members (excludes halogenated alkanes) is 2. The molecule has 5 nitrogen and oxygen atoms in total. The molecule has 16 heavy (non-hydrogen) atoms. The van der Waals surface area contributed by atoms with E-state index in [-0.39, 0.29) is 10.8 Å². The fraction of sp³-hybridized carbons (Fsp3) is 0.600. The molecule has 1 aromatic rings. The van der Waals surface area contributed by atoms with Gasteiger partial charge in [-0.1, -0.05) is 31.4 Å². The summed E-state index contributed by atoms with van der Waals surface area (Å²) in [4.78, 5) is 18.2. The molecule has 1 aromatic heterocycles. The van der Waals surface area contributed by atoms with Crippen molar-refractivity contribution in [3.63, 3.8) is 0 Å². The van der Waals surface area contributed by atoms with Crippen molar-refractivity contribution in [3.05, 3.63) is 26.8 Å². The highest BCUT2D eigenvalue weighted by atomic mass is 35.5.